The maximum Gasteiger partial charge on any atom is 0.277 e. The van der Waals surface area contributed by atoms with Crippen LogP contribution in [0.3, 0.4) is 0 Å². The van der Waals surface area contributed by atoms with Gasteiger partial charge in [-0.1, -0.05) is 52.7 Å². The van der Waals surface area contributed by atoms with Crippen molar-refractivity contribution in [3.63, 3.8) is 0 Å². The lowest BCUT2D eigenvalue weighted by molar-refractivity contribution is -0.118. The second-order valence-corrected chi connectivity index (χ2v) is 9.67. The average molecular weight is 544 g/mol. The fourth-order valence-electron chi connectivity index (χ4n) is 3.43. The summed E-state index contributed by atoms with van der Waals surface area (Å²) in [4.78, 5) is 12.2. The molecule has 0 aliphatic heterocycles. The van der Waals surface area contributed by atoms with Gasteiger partial charge in [-0.3, -0.25) is 4.79 Å². The van der Waals surface area contributed by atoms with Gasteiger partial charge in [-0.05, 0) is 57.2 Å². The normalized spacial score (nSPS) is 11.2. The lowest BCUT2D eigenvalue weighted by Crippen LogP contribution is -2.19. The first-order chi connectivity index (χ1) is 17.3. The summed E-state index contributed by atoms with van der Waals surface area (Å²) in [5, 5.41) is 13.1. The van der Waals surface area contributed by atoms with Crippen molar-refractivity contribution in [2.24, 2.45) is 5.10 Å². The number of carbonyl (C=O) groups excluding carboxylic acids is 1. The van der Waals surface area contributed by atoms with E-state index < -0.39 is 0 Å². The zero-order chi connectivity index (χ0) is 25.7. The molecule has 0 spiro atoms. The van der Waals surface area contributed by atoms with Crippen molar-refractivity contribution in [3.8, 4) is 11.4 Å². The molecule has 186 valence electrons. The van der Waals surface area contributed by atoms with Crippen molar-refractivity contribution in [3.05, 3.63) is 87.0 Å². The number of benzene rings is 2. The maximum atomic E-state index is 12.2. The van der Waals surface area contributed by atoms with Gasteiger partial charge in [0.05, 0.1) is 17.0 Å². The quantitative estimate of drug-likeness (QED) is 0.160. The lowest BCUT2D eigenvalue weighted by Gasteiger charge is -2.09. The second kappa shape index (κ2) is 11.6. The highest BCUT2D eigenvalue weighted by Gasteiger charge is 2.12. The number of ether oxygens (including phenoxy) is 1. The second-order valence-electron chi connectivity index (χ2n) is 7.90. The molecule has 2 aromatic carbocycles. The molecule has 0 aliphatic rings. The number of nitrogens with one attached hydrogen (secondary N) is 1. The van der Waals surface area contributed by atoms with Crippen LogP contribution in [0.2, 0.25) is 10.0 Å². The van der Waals surface area contributed by atoms with E-state index in [1.165, 1.54) is 5.56 Å². The Hall–Kier alpha value is -3.27. The fraction of sp³-hybridized carbons (Fsp3) is 0.200. The van der Waals surface area contributed by atoms with Gasteiger partial charge < -0.3 is 13.7 Å². The molecule has 2 heterocycles. The first-order valence-electron chi connectivity index (χ1n) is 10.9. The van der Waals surface area contributed by atoms with E-state index in [0.29, 0.717) is 15.8 Å². The molecule has 0 unspecified atom stereocenters. The number of carbonyl (C=O) groups is 1. The highest BCUT2D eigenvalue weighted by molar-refractivity contribution is 7.99. The van der Waals surface area contributed by atoms with E-state index in [0.717, 1.165) is 34.4 Å². The van der Waals surface area contributed by atoms with E-state index in [9.17, 15) is 4.79 Å². The number of rotatable bonds is 9. The van der Waals surface area contributed by atoms with E-state index >= 15 is 0 Å². The molecule has 4 aromatic rings. The standard InChI is InChI=1S/C25H23Cl2N5O3S/c1-15-4-7-20(8-5-15)32-16(2)10-18(17(32)3)12-28-29-23(33)14-36-25-31-30-24(35-25)13-34-22-9-6-19(26)11-21(22)27/h4-12H,13-14H2,1-3H3,(H,29,33)/b28-12-. The molecule has 36 heavy (non-hydrogen) atoms. The summed E-state index contributed by atoms with van der Waals surface area (Å²) >= 11 is 13.1. The van der Waals surface area contributed by atoms with Crippen LogP contribution in [-0.2, 0) is 11.4 Å². The highest BCUT2D eigenvalue weighted by atomic mass is 35.5. The van der Waals surface area contributed by atoms with E-state index in [1.807, 2.05) is 19.9 Å². The number of aryl methyl sites for hydroxylation is 2. The fourth-order valence-corrected chi connectivity index (χ4v) is 4.47. The van der Waals surface area contributed by atoms with Crippen LogP contribution < -0.4 is 10.2 Å². The Morgan fingerprint density at radius 2 is 1.92 bits per heavy atom. The number of hydrogen-bond donors (Lipinski definition) is 1. The SMILES string of the molecule is Cc1ccc(-n2c(C)cc(/C=N\NC(=O)CSc3nnc(COc4ccc(Cl)cc4Cl)o3)c2C)cc1. The number of aromatic nitrogens is 3. The smallest absolute Gasteiger partial charge is 0.277 e. The Kier molecular flexibility index (Phi) is 8.35. The van der Waals surface area contributed by atoms with Gasteiger partial charge in [-0.25, -0.2) is 5.43 Å². The van der Waals surface area contributed by atoms with Gasteiger partial charge in [0.25, 0.3) is 17.0 Å². The third-order valence-corrected chi connectivity index (χ3v) is 6.52. The summed E-state index contributed by atoms with van der Waals surface area (Å²) in [6.45, 7) is 6.15. The van der Waals surface area contributed by atoms with Crippen molar-refractivity contribution in [2.75, 3.05) is 5.75 Å². The van der Waals surface area contributed by atoms with Gasteiger partial charge in [0.15, 0.2) is 6.61 Å². The molecule has 0 radical (unpaired) electrons. The molecular weight excluding hydrogens is 521 g/mol. The zero-order valence-electron chi connectivity index (χ0n) is 19.8. The Morgan fingerprint density at radius 3 is 2.67 bits per heavy atom. The zero-order valence-corrected chi connectivity index (χ0v) is 22.1. The van der Waals surface area contributed by atoms with E-state index in [4.69, 9.17) is 32.4 Å². The van der Waals surface area contributed by atoms with Crippen LogP contribution in [0, 0.1) is 20.8 Å². The molecule has 4 rings (SSSR count). The third-order valence-electron chi connectivity index (χ3n) is 5.18. The molecule has 1 amide bonds. The number of nitrogens with zero attached hydrogens (tertiary/aromatic N) is 4. The van der Waals surface area contributed by atoms with Gasteiger partial charge in [-0.2, -0.15) is 5.10 Å². The molecule has 0 aliphatic carbocycles. The van der Waals surface area contributed by atoms with E-state index in [1.54, 1.807) is 24.4 Å². The van der Waals surface area contributed by atoms with Gasteiger partial charge in [0, 0.05) is 27.7 Å². The monoisotopic (exact) mass is 543 g/mol. The molecule has 8 nitrogen and oxygen atoms in total. The topological polar surface area (TPSA) is 94.5 Å². The Balaban J connectivity index is 1.27. The number of amides is 1. The van der Waals surface area contributed by atoms with E-state index in [2.05, 4.69) is 56.5 Å². The number of hydrazone groups is 1. The molecule has 0 saturated carbocycles. The lowest BCUT2D eigenvalue weighted by atomic mass is 10.2. The van der Waals surface area contributed by atoms with Crippen molar-refractivity contribution in [1.29, 1.82) is 0 Å². The van der Waals surface area contributed by atoms with E-state index in [-0.39, 0.29) is 29.4 Å². The Morgan fingerprint density at radius 1 is 1.14 bits per heavy atom. The summed E-state index contributed by atoms with van der Waals surface area (Å²) in [6.07, 6.45) is 1.64. The predicted molar refractivity (Wildman–Crippen MR) is 142 cm³/mol. The predicted octanol–water partition coefficient (Wildman–Crippen LogP) is 5.91. The molecule has 0 fully saturated rings. The van der Waals surface area contributed by atoms with Crippen LogP contribution in [0.15, 0.2) is 63.3 Å². The van der Waals surface area contributed by atoms with Crippen LogP contribution in [0.25, 0.3) is 5.69 Å². The van der Waals surface area contributed by atoms with Crippen LogP contribution in [-0.4, -0.2) is 32.6 Å². The van der Waals surface area contributed by atoms with Crippen LogP contribution in [0.1, 0.15) is 28.4 Å². The summed E-state index contributed by atoms with van der Waals surface area (Å²) in [5.41, 5.74) is 7.84. The van der Waals surface area contributed by atoms with Crippen molar-refractivity contribution in [1.82, 2.24) is 20.2 Å². The minimum absolute atomic E-state index is 0.0341. The molecule has 11 heteroatoms. The minimum atomic E-state index is -0.299. The van der Waals surface area contributed by atoms with Crippen molar-refractivity contribution < 1.29 is 13.9 Å². The Bertz CT molecular complexity index is 1400. The highest BCUT2D eigenvalue weighted by Crippen LogP contribution is 2.28. The van der Waals surface area contributed by atoms with Gasteiger partial charge in [0.2, 0.25) is 0 Å². The molecule has 0 saturated heterocycles. The minimum Gasteiger partial charge on any atom is -0.482 e. The average Bonchev–Trinajstić information content (AvgIpc) is 3.41. The molecule has 1 N–H and O–H groups in total. The molecule has 0 bridgehead atoms. The van der Waals surface area contributed by atoms with Gasteiger partial charge in [0.1, 0.15) is 5.75 Å². The van der Waals surface area contributed by atoms with Crippen molar-refractivity contribution in [2.45, 2.75) is 32.6 Å². The maximum absolute atomic E-state index is 12.2. The summed E-state index contributed by atoms with van der Waals surface area (Å²) in [6, 6.07) is 15.2. The molecular formula is C25H23Cl2N5O3S. The third kappa shape index (κ3) is 6.48. The van der Waals surface area contributed by atoms with Crippen molar-refractivity contribution >= 4 is 47.1 Å². The number of hydrogen-bond acceptors (Lipinski definition) is 7. The van der Waals surface area contributed by atoms with Gasteiger partial charge in [-0.15, -0.1) is 10.2 Å². The van der Waals surface area contributed by atoms with Crippen LogP contribution in [0.5, 0.6) is 5.75 Å². The first-order valence-corrected chi connectivity index (χ1v) is 12.6. The Labute approximate surface area is 222 Å². The molecule has 2 aromatic heterocycles. The van der Waals surface area contributed by atoms with Crippen LogP contribution >= 0.6 is 35.0 Å². The largest absolute Gasteiger partial charge is 0.482 e. The number of halogens is 2. The summed E-state index contributed by atoms with van der Waals surface area (Å²) in [7, 11) is 0. The van der Waals surface area contributed by atoms with Gasteiger partial charge >= 0.3 is 0 Å². The first kappa shape index (κ1) is 25.8. The van der Waals surface area contributed by atoms with Crippen LogP contribution in [0.4, 0.5) is 0 Å². The number of thioether (sulfide) groups is 1. The summed E-state index contributed by atoms with van der Waals surface area (Å²) < 4.78 is 13.2. The summed E-state index contributed by atoms with van der Waals surface area (Å²) in [5.74, 6) is 0.467. The molecule has 0 atom stereocenters.